The van der Waals surface area contributed by atoms with E-state index in [0.717, 1.165) is 17.3 Å². The third kappa shape index (κ3) is 2.36. The molecule has 0 atom stereocenters. The van der Waals surface area contributed by atoms with Crippen molar-refractivity contribution in [2.75, 3.05) is 13.1 Å². The molecule has 1 aromatic heterocycles. The molecule has 22 heavy (non-hydrogen) atoms. The molecule has 116 valence electrons. The molecule has 0 radical (unpaired) electrons. The lowest BCUT2D eigenvalue weighted by atomic mass is 10.1. The summed E-state index contributed by atoms with van der Waals surface area (Å²) in [7, 11) is 0. The molecule has 0 aliphatic carbocycles. The number of para-hydroxylation sites is 1. The number of hydrogen-bond acceptors (Lipinski definition) is 2. The number of amides is 1. The number of aryl methyl sites for hydroxylation is 1. The highest BCUT2D eigenvalue weighted by Crippen LogP contribution is 2.35. The van der Waals surface area contributed by atoms with Crippen LogP contribution in [0.1, 0.15) is 28.0 Å². The van der Waals surface area contributed by atoms with Crippen LogP contribution in [0.5, 0.6) is 0 Å². The Kier molecular flexibility index (Phi) is 3.42. The lowest BCUT2D eigenvalue weighted by Crippen LogP contribution is -2.42. The van der Waals surface area contributed by atoms with Gasteiger partial charge in [0.15, 0.2) is 5.69 Å². The number of aromatic nitrogens is 2. The van der Waals surface area contributed by atoms with Gasteiger partial charge in [-0.1, -0.05) is 18.2 Å². The molecule has 0 spiro atoms. The maximum absolute atomic E-state index is 13.5. The fourth-order valence-corrected chi connectivity index (χ4v) is 2.45. The van der Waals surface area contributed by atoms with Crippen LogP contribution in [0, 0.1) is 6.92 Å². The first-order valence-corrected chi connectivity index (χ1v) is 6.90. The Morgan fingerprint density at radius 2 is 1.91 bits per heavy atom. The monoisotopic (exact) mass is 309 g/mol. The van der Waals surface area contributed by atoms with E-state index >= 15 is 0 Å². The molecule has 0 saturated carbocycles. The highest BCUT2D eigenvalue weighted by molar-refractivity contribution is 5.96. The summed E-state index contributed by atoms with van der Waals surface area (Å²) < 4.78 is 41.2. The topological polar surface area (TPSA) is 38.1 Å². The van der Waals surface area contributed by atoms with Crippen molar-refractivity contribution in [1.82, 2.24) is 14.7 Å². The molecular formula is C15H14F3N3O. The van der Waals surface area contributed by atoms with E-state index in [1.54, 1.807) is 31.2 Å². The molecule has 1 saturated heterocycles. The van der Waals surface area contributed by atoms with Crippen LogP contribution in [-0.4, -0.2) is 33.7 Å². The summed E-state index contributed by atoms with van der Waals surface area (Å²) in [5, 5.41) is 3.82. The standard InChI is InChI=1S/C15H14F3N3O/c1-10-5-2-3-6-12(10)21-13(15(16,17)18)11(9-19-21)14(22)20-7-4-8-20/h2-3,5-6,9H,4,7-8H2,1H3. The van der Waals surface area contributed by atoms with E-state index in [-0.39, 0.29) is 0 Å². The highest BCUT2D eigenvalue weighted by atomic mass is 19.4. The van der Waals surface area contributed by atoms with Gasteiger partial charge in [-0.15, -0.1) is 0 Å². The Bertz CT molecular complexity index is 717. The average molecular weight is 309 g/mol. The number of nitrogens with zero attached hydrogens (tertiary/aromatic N) is 3. The van der Waals surface area contributed by atoms with Gasteiger partial charge in [0.05, 0.1) is 17.4 Å². The summed E-state index contributed by atoms with van der Waals surface area (Å²) in [6.45, 7) is 2.69. The molecule has 7 heteroatoms. The van der Waals surface area contributed by atoms with Gasteiger partial charge in [0.2, 0.25) is 0 Å². The van der Waals surface area contributed by atoms with E-state index < -0.39 is 23.3 Å². The lowest BCUT2D eigenvalue weighted by Gasteiger charge is -2.30. The normalized spacial score (nSPS) is 14.8. The second-order valence-corrected chi connectivity index (χ2v) is 5.25. The van der Waals surface area contributed by atoms with Crippen LogP contribution in [-0.2, 0) is 6.18 Å². The molecule has 4 nitrogen and oxygen atoms in total. The number of carbonyl (C=O) groups excluding carboxylic acids is 1. The molecular weight excluding hydrogens is 295 g/mol. The van der Waals surface area contributed by atoms with Gasteiger partial charge in [-0.2, -0.15) is 18.3 Å². The van der Waals surface area contributed by atoms with Gasteiger partial charge in [-0.25, -0.2) is 4.68 Å². The molecule has 0 unspecified atom stereocenters. The third-order valence-electron chi connectivity index (χ3n) is 3.76. The zero-order valence-electron chi connectivity index (χ0n) is 11.9. The molecule has 2 aromatic rings. The van der Waals surface area contributed by atoms with Crippen molar-refractivity contribution in [2.24, 2.45) is 0 Å². The summed E-state index contributed by atoms with van der Waals surface area (Å²) in [4.78, 5) is 13.6. The zero-order chi connectivity index (χ0) is 15.9. The molecule has 1 aromatic carbocycles. The molecule has 0 bridgehead atoms. The van der Waals surface area contributed by atoms with Crippen LogP contribution in [0.2, 0.25) is 0 Å². The highest BCUT2D eigenvalue weighted by Gasteiger charge is 2.42. The second-order valence-electron chi connectivity index (χ2n) is 5.25. The maximum Gasteiger partial charge on any atom is 0.434 e. The quantitative estimate of drug-likeness (QED) is 0.855. The van der Waals surface area contributed by atoms with Gasteiger partial charge in [0.25, 0.3) is 5.91 Å². The van der Waals surface area contributed by atoms with Gasteiger partial charge in [0, 0.05) is 13.1 Å². The molecule has 3 rings (SSSR count). The fourth-order valence-electron chi connectivity index (χ4n) is 2.45. The molecule has 1 fully saturated rings. The maximum atomic E-state index is 13.5. The van der Waals surface area contributed by atoms with E-state index in [9.17, 15) is 18.0 Å². The van der Waals surface area contributed by atoms with Crippen LogP contribution in [0.25, 0.3) is 5.69 Å². The largest absolute Gasteiger partial charge is 0.434 e. The van der Waals surface area contributed by atoms with E-state index in [1.807, 2.05) is 0 Å². The molecule has 1 aliphatic heterocycles. The average Bonchev–Trinajstić information content (AvgIpc) is 2.81. The van der Waals surface area contributed by atoms with Crippen LogP contribution in [0.15, 0.2) is 30.5 Å². The van der Waals surface area contributed by atoms with E-state index in [4.69, 9.17) is 0 Å². The minimum absolute atomic E-state index is 0.317. The SMILES string of the molecule is Cc1ccccc1-n1ncc(C(=O)N2CCC2)c1C(F)(F)F. The Labute approximate surface area is 125 Å². The first-order chi connectivity index (χ1) is 10.4. The fraction of sp³-hybridized carbons (Fsp3) is 0.333. The smallest absolute Gasteiger partial charge is 0.338 e. The molecule has 0 N–H and O–H groups in total. The summed E-state index contributed by atoms with van der Waals surface area (Å²) in [6, 6.07) is 6.63. The number of likely N-dealkylation sites (tertiary alicyclic amines) is 1. The van der Waals surface area contributed by atoms with Crippen molar-refractivity contribution in [3.8, 4) is 5.69 Å². The minimum atomic E-state index is -4.66. The predicted molar refractivity (Wildman–Crippen MR) is 73.8 cm³/mol. The summed E-state index contributed by atoms with van der Waals surface area (Å²) >= 11 is 0. The number of benzene rings is 1. The Balaban J connectivity index is 2.14. The van der Waals surface area contributed by atoms with E-state index in [0.29, 0.717) is 24.3 Å². The minimum Gasteiger partial charge on any atom is -0.338 e. The van der Waals surface area contributed by atoms with Crippen LogP contribution in [0.4, 0.5) is 13.2 Å². The van der Waals surface area contributed by atoms with Gasteiger partial charge >= 0.3 is 6.18 Å². The number of carbonyl (C=O) groups is 1. The summed E-state index contributed by atoms with van der Waals surface area (Å²) in [5.74, 6) is -0.613. The van der Waals surface area contributed by atoms with Crippen LogP contribution in [0.3, 0.4) is 0 Å². The summed E-state index contributed by atoms with van der Waals surface area (Å²) in [6.07, 6.45) is -2.83. The second kappa shape index (κ2) is 5.15. The van der Waals surface area contributed by atoms with Crippen LogP contribution >= 0.6 is 0 Å². The first kappa shape index (κ1) is 14.6. The number of rotatable bonds is 2. The first-order valence-electron chi connectivity index (χ1n) is 6.90. The number of hydrogen-bond donors (Lipinski definition) is 0. The number of halogens is 3. The number of alkyl halides is 3. The van der Waals surface area contributed by atoms with E-state index in [2.05, 4.69) is 5.10 Å². The van der Waals surface area contributed by atoms with Gasteiger partial charge in [-0.05, 0) is 25.0 Å². The van der Waals surface area contributed by atoms with Crippen molar-refractivity contribution in [2.45, 2.75) is 19.5 Å². The zero-order valence-corrected chi connectivity index (χ0v) is 11.9. The lowest BCUT2D eigenvalue weighted by molar-refractivity contribution is -0.143. The summed E-state index contributed by atoms with van der Waals surface area (Å²) in [5.41, 5.74) is -0.439. The van der Waals surface area contributed by atoms with Gasteiger partial charge < -0.3 is 4.90 Å². The third-order valence-corrected chi connectivity index (χ3v) is 3.76. The van der Waals surface area contributed by atoms with Crippen LogP contribution < -0.4 is 0 Å². The molecule has 1 aliphatic rings. The molecule has 2 heterocycles. The van der Waals surface area contributed by atoms with Crippen molar-refractivity contribution in [3.63, 3.8) is 0 Å². The van der Waals surface area contributed by atoms with Crippen molar-refractivity contribution in [3.05, 3.63) is 47.3 Å². The van der Waals surface area contributed by atoms with E-state index in [1.165, 1.54) is 4.90 Å². The van der Waals surface area contributed by atoms with Gasteiger partial charge in [-0.3, -0.25) is 4.79 Å². The van der Waals surface area contributed by atoms with Crippen molar-refractivity contribution < 1.29 is 18.0 Å². The Hall–Kier alpha value is -2.31. The Morgan fingerprint density at radius 1 is 1.23 bits per heavy atom. The Morgan fingerprint density at radius 3 is 2.45 bits per heavy atom. The predicted octanol–water partition coefficient (Wildman–Crippen LogP) is 3.05. The van der Waals surface area contributed by atoms with Crippen molar-refractivity contribution >= 4 is 5.91 Å². The van der Waals surface area contributed by atoms with Crippen molar-refractivity contribution in [1.29, 1.82) is 0 Å². The van der Waals surface area contributed by atoms with Gasteiger partial charge in [0.1, 0.15) is 0 Å². The molecule has 1 amide bonds.